The lowest BCUT2D eigenvalue weighted by Gasteiger charge is -2.41. The first-order valence-electron chi connectivity index (χ1n) is 12.5. The SMILES string of the molecule is Cc1cnc(Nc2cccc(CC3CCN(C(=O)C4(C)CCCN4C(=O)OC(C)(C)C)CC3)n2)s1. The molecular formula is C26H37N5O3S. The minimum atomic E-state index is -0.828. The number of aryl methyl sites for hydroxylation is 1. The zero-order chi connectivity index (χ0) is 25.2. The van der Waals surface area contributed by atoms with Gasteiger partial charge in [0.05, 0.1) is 0 Å². The number of carbonyl (C=O) groups is 2. The zero-order valence-electron chi connectivity index (χ0n) is 21.5. The van der Waals surface area contributed by atoms with Crippen LogP contribution < -0.4 is 5.32 Å². The first-order valence-corrected chi connectivity index (χ1v) is 13.3. The predicted octanol–water partition coefficient (Wildman–Crippen LogP) is 5.16. The molecule has 0 aliphatic carbocycles. The van der Waals surface area contributed by atoms with Crippen LogP contribution in [0, 0.1) is 12.8 Å². The molecule has 2 fully saturated rings. The highest BCUT2D eigenvalue weighted by molar-refractivity contribution is 7.15. The number of aromatic nitrogens is 2. The van der Waals surface area contributed by atoms with Crippen LogP contribution in [0.2, 0.25) is 0 Å². The van der Waals surface area contributed by atoms with Crippen LogP contribution in [0.25, 0.3) is 0 Å². The summed E-state index contributed by atoms with van der Waals surface area (Å²) < 4.78 is 5.59. The van der Waals surface area contributed by atoms with Crippen LogP contribution in [0.3, 0.4) is 0 Å². The monoisotopic (exact) mass is 499 g/mol. The lowest BCUT2D eigenvalue weighted by atomic mass is 9.89. The van der Waals surface area contributed by atoms with Gasteiger partial charge in [0, 0.05) is 36.4 Å². The van der Waals surface area contributed by atoms with Crippen molar-refractivity contribution in [2.75, 3.05) is 25.0 Å². The Morgan fingerprint density at radius 1 is 1.23 bits per heavy atom. The smallest absolute Gasteiger partial charge is 0.411 e. The Labute approximate surface area is 212 Å². The largest absolute Gasteiger partial charge is 0.444 e. The number of anilines is 2. The van der Waals surface area contributed by atoms with Crippen LogP contribution >= 0.6 is 11.3 Å². The number of hydrogen-bond acceptors (Lipinski definition) is 7. The molecule has 35 heavy (non-hydrogen) atoms. The van der Waals surface area contributed by atoms with Gasteiger partial charge in [-0.25, -0.2) is 14.8 Å². The second-order valence-corrected chi connectivity index (χ2v) is 12.1. The quantitative estimate of drug-likeness (QED) is 0.611. The van der Waals surface area contributed by atoms with E-state index in [0.29, 0.717) is 32.0 Å². The fourth-order valence-corrected chi connectivity index (χ4v) is 5.63. The molecule has 0 radical (unpaired) electrons. The lowest BCUT2D eigenvalue weighted by molar-refractivity contribution is -0.143. The molecule has 4 heterocycles. The minimum absolute atomic E-state index is 0.0439. The van der Waals surface area contributed by atoms with Crippen LogP contribution in [0.4, 0.5) is 15.7 Å². The standard InChI is InChI=1S/C26H37N5O3S/c1-18-17-27-23(35-18)29-21-9-6-8-20(28-21)16-19-10-14-30(15-11-19)22(32)26(5)12-7-13-31(26)24(33)34-25(2,3)4/h6,8-9,17,19H,7,10-16H2,1-5H3,(H,27,28,29). The van der Waals surface area contributed by atoms with Crippen molar-refractivity contribution in [2.45, 2.75) is 77.9 Å². The van der Waals surface area contributed by atoms with Gasteiger partial charge in [0.2, 0.25) is 5.91 Å². The molecule has 2 aromatic heterocycles. The highest BCUT2D eigenvalue weighted by Crippen LogP contribution is 2.34. The van der Waals surface area contributed by atoms with Crippen molar-refractivity contribution in [3.8, 4) is 0 Å². The molecule has 0 bridgehead atoms. The van der Waals surface area contributed by atoms with E-state index in [2.05, 4.69) is 16.4 Å². The van der Waals surface area contributed by atoms with E-state index < -0.39 is 17.2 Å². The third-order valence-corrected chi connectivity index (χ3v) is 7.61. The molecular weight excluding hydrogens is 462 g/mol. The number of pyridine rings is 1. The van der Waals surface area contributed by atoms with E-state index >= 15 is 0 Å². The van der Waals surface area contributed by atoms with Crippen molar-refractivity contribution >= 4 is 34.3 Å². The summed E-state index contributed by atoms with van der Waals surface area (Å²) in [5.41, 5.74) is -0.362. The van der Waals surface area contributed by atoms with Gasteiger partial charge in [0.1, 0.15) is 17.0 Å². The number of amides is 2. The summed E-state index contributed by atoms with van der Waals surface area (Å²) in [7, 11) is 0. The van der Waals surface area contributed by atoms with Crippen LogP contribution in [0.15, 0.2) is 24.4 Å². The molecule has 8 nitrogen and oxygen atoms in total. The lowest BCUT2D eigenvalue weighted by Crippen LogP contribution is -2.58. The first kappa shape index (κ1) is 25.4. The summed E-state index contributed by atoms with van der Waals surface area (Å²) >= 11 is 1.61. The van der Waals surface area contributed by atoms with Crippen molar-refractivity contribution in [2.24, 2.45) is 5.92 Å². The molecule has 2 saturated heterocycles. The van der Waals surface area contributed by atoms with Crippen molar-refractivity contribution in [1.82, 2.24) is 19.8 Å². The van der Waals surface area contributed by atoms with Gasteiger partial charge in [0.15, 0.2) is 5.13 Å². The molecule has 1 unspecified atom stereocenters. The Balaban J connectivity index is 1.32. The summed E-state index contributed by atoms with van der Waals surface area (Å²) in [5.74, 6) is 1.32. The maximum atomic E-state index is 13.5. The summed E-state index contributed by atoms with van der Waals surface area (Å²) in [6.45, 7) is 11.5. The highest BCUT2D eigenvalue weighted by atomic mass is 32.1. The van der Waals surface area contributed by atoms with Crippen molar-refractivity contribution < 1.29 is 14.3 Å². The normalized spacial score (nSPS) is 21.3. The van der Waals surface area contributed by atoms with E-state index in [0.717, 1.165) is 47.2 Å². The third kappa shape index (κ3) is 6.12. The van der Waals surface area contributed by atoms with Crippen LogP contribution in [-0.2, 0) is 16.0 Å². The number of likely N-dealkylation sites (tertiary alicyclic amines) is 2. The van der Waals surface area contributed by atoms with Gasteiger partial charge in [-0.05, 0) is 84.8 Å². The Bertz CT molecular complexity index is 1060. The molecule has 190 valence electrons. The molecule has 2 aliphatic heterocycles. The number of thiazole rings is 1. The minimum Gasteiger partial charge on any atom is -0.444 e. The first-order chi connectivity index (χ1) is 16.5. The van der Waals surface area contributed by atoms with Gasteiger partial charge in [-0.15, -0.1) is 11.3 Å². The summed E-state index contributed by atoms with van der Waals surface area (Å²) in [6.07, 6.45) is 5.69. The van der Waals surface area contributed by atoms with E-state index in [9.17, 15) is 9.59 Å². The van der Waals surface area contributed by atoms with Gasteiger partial charge >= 0.3 is 6.09 Å². The van der Waals surface area contributed by atoms with Crippen molar-refractivity contribution in [1.29, 1.82) is 0 Å². The second kappa shape index (κ2) is 10.1. The summed E-state index contributed by atoms with van der Waals surface area (Å²) in [4.78, 5) is 40.2. The van der Waals surface area contributed by atoms with E-state index in [4.69, 9.17) is 9.72 Å². The average Bonchev–Trinajstić information content (AvgIpc) is 3.39. The van der Waals surface area contributed by atoms with E-state index in [1.165, 1.54) is 0 Å². The third-order valence-electron chi connectivity index (χ3n) is 6.78. The molecule has 1 N–H and O–H groups in total. The number of ether oxygens (including phenoxy) is 1. The maximum Gasteiger partial charge on any atom is 0.411 e. The van der Waals surface area contributed by atoms with E-state index in [-0.39, 0.29) is 5.91 Å². The number of nitrogens with zero attached hydrogens (tertiary/aromatic N) is 4. The number of hydrogen-bond donors (Lipinski definition) is 1. The molecule has 0 aromatic carbocycles. The molecule has 9 heteroatoms. The Morgan fingerprint density at radius 2 is 1.97 bits per heavy atom. The zero-order valence-corrected chi connectivity index (χ0v) is 22.3. The number of carbonyl (C=O) groups excluding carboxylic acids is 2. The molecule has 0 saturated carbocycles. The topological polar surface area (TPSA) is 87.7 Å². The molecule has 2 amide bonds. The molecule has 2 aromatic rings. The summed E-state index contributed by atoms with van der Waals surface area (Å²) in [6, 6.07) is 6.05. The van der Waals surface area contributed by atoms with E-state index in [1.54, 1.807) is 16.2 Å². The molecule has 4 rings (SSSR count). The fraction of sp³-hybridized carbons (Fsp3) is 0.615. The predicted molar refractivity (Wildman–Crippen MR) is 138 cm³/mol. The van der Waals surface area contributed by atoms with Gasteiger partial charge in [-0.3, -0.25) is 9.69 Å². The summed E-state index contributed by atoms with van der Waals surface area (Å²) in [5, 5.41) is 4.14. The Kier molecular flexibility index (Phi) is 7.35. The molecule has 0 spiro atoms. The van der Waals surface area contributed by atoms with Crippen molar-refractivity contribution in [3.05, 3.63) is 35.0 Å². The van der Waals surface area contributed by atoms with Gasteiger partial charge in [0.25, 0.3) is 0 Å². The number of rotatable bonds is 5. The van der Waals surface area contributed by atoms with Gasteiger partial charge in [-0.2, -0.15) is 0 Å². The molecule has 1 atom stereocenters. The number of nitrogens with one attached hydrogen (secondary N) is 1. The number of piperidine rings is 1. The van der Waals surface area contributed by atoms with Gasteiger partial charge < -0.3 is 15.0 Å². The van der Waals surface area contributed by atoms with Crippen LogP contribution in [-0.4, -0.2) is 62.5 Å². The van der Waals surface area contributed by atoms with Crippen molar-refractivity contribution in [3.63, 3.8) is 0 Å². The Hall–Kier alpha value is -2.68. The van der Waals surface area contributed by atoms with Gasteiger partial charge in [-0.1, -0.05) is 6.07 Å². The van der Waals surface area contributed by atoms with Crippen LogP contribution in [0.5, 0.6) is 0 Å². The van der Waals surface area contributed by atoms with Crippen LogP contribution in [0.1, 0.15) is 63.9 Å². The highest BCUT2D eigenvalue weighted by Gasteiger charge is 2.49. The molecule has 2 aliphatic rings. The maximum absolute atomic E-state index is 13.5. The fourth-order valence-electron chi connectivity index (χ4n) is 4.96. The Morgan fingerprint density at radius 3 is 2.63 bits per heavy atom. The second-order valence-electron chi connectivity index (χ2n) is 10.9. The van der Waals surface area contributed by atoms with E-state index in [1.807, 2.05) is 57.8 Å². The average molecular weight is 500 g/mol.